The van der Waals surface area contributed by atoms with Gasteiger partial charge in [-0.2, -0.15) is 0 Å². The van der Waals surface area contributed by atoms with Gasteiger partial charge in [0, 0.05) is 6.42 Å². The van der Waals surface area contributed by atoms with Gasteiger partial charge in [0.1, 0.15) is 6.29 Å². The van der Waals surface area contributed by atoms with Gasteiger partial charge < -0.3 is 9.90 Å². The van der Waals surface area contributed by atoms with Gasteiger partial charge in [0.05, 0.1) is 6.10 Å². The van der Waals surface area contributed by atoms with Crippen molar-refractivity contribution in [3.63, 3.8) is 0 Å². The first-order valence-corrected chi connectivity index (χ1v) is 10.9. The second kappa shape index (κ2) is 6.62. The van der Waals surface area contributed by atoms with Crippen molar-refractivity contribution in [3.8, 4) is 0 Å². The molecule has 0 spiro atoms. The Morgan fingerprint density at radius 3 is 2.85 bits per heavy atom. The van der Waals surface area contributed by atoms with Gasteiger partial charge in [0.2, 0.25) is 0 Å². The van der Waals surface area contributed by atoms with Gasteiger partial charge in [-0.15, -0.1) is 0 Å². The Kier molecular flexibility index (Phi) is 4.70. The highest BCUT2D eigenvalue weighted by Gasteiger charge is 2.57. The van der Waals surface area contributed by atoms with E-state index in [2.05, 4.69) is 39.0 Å². The number of hydrogen-bond donors (Lipinski definition) is 1. The maximum atomic E-state index is 10.8. The lowest BCUT2D eigenvalue weighted by Gasteiger charge is -2.56. The predicted molar refractivity (Wildman–Crippen MR) is 106 cm³/mol. The maximum Gasteiger partial charge on any atom is 0.120 e. The summed E-state index contributed by atoms with van der Waals surface area (Å²) in [6.07, 6.45) is 17.0. The highest BCUT2D eigenvalue weighted by Crippen LogP contribution is 2.66. The molecular weight excluding hydrogens is 320 g/mol. The molecule has 144 valence electrons. The van der Waals surface area contributed by atoms with E-state index in [4.69, 9.17) is 0 Å². The average Bonchev–Trinajstić information content (AvgIpc) is 2.97. The minimum absolute atomic E-state index is 0.242. The molecule has 0 heterocycles. The first-order chi connectivity index (χ1) is 12.4. The summed E-state index contributed by atoms with van der Waals surface area (Å²) >= 11 is 0. The quantitative estimate of drug-likeness (QED) is 0.547. The van der Waals surface area contributed by atoms with Crippen molar-refractivity contribution in [3.05, 3.63) is 23.8 Å². The fourth-order valence-corrected chi connectivity index (χ4v) is 7.56. The molecule has 0 saturated heterocycles. The summed E-state index contributed by atoms with van der Waals surface area (Å²) in [5.74, 6) is 3.44. The predicted octanol–water partition coefficient (Wildman–Crippen LogP) is 5.32. The lowest BCUT2D eigenvalue weighted by atomic mass is 9.49. The largest absolute Gasteiger partial charge is 0.389 e. The van der Waals surface area contributed by atoms with Gasteiger partial charge in [-0.3, -0.25) is 0 Å². The fraction of sp³-hybridized carbons (Fsp3) is 0.792. The Labute approximate surface area is 159 Å². The van der Waals surface area contributed by atoms with Crippen LogP contribution in [-0.2, 0) is 4.79 Å². The van der Waals surface area contributed by atoms with Gasteiger partial charge in [-0.05, 0) is 85.4 Å². The van der Waals surface area contributed by atoms with Gasteiger partial charge in [-0.1, -0.05) is 44.6 Å². The van der Waals surface area contributed by atoms with Crippen LogP contribution in [-0.4, -0.2) is 17.5 Å². The van der Waals surface area contributed by atoms with Crippen LogP contribution in [0.1, 0.15) is 72.1 Å². The smallest absolute Gasteiger partial charge is 0.120 e. The second-order valence-corrected chi connectivity index (χ2v) is 10.2. The highest BCUT2D eigenvalue weighted by molar-refractivity contribution is 5.49. The van der Waals surface area contributed by atoms with E-state index in [9.17, 15) is 9.90 Å². The fourth-order valence-electron chi connectivity index (χ4n) is 7.56. The van der Waals surface area contributed by atoms with Crippen LogP contribution < -0.4 is 0 Å². The first-order valence-electron chi connectivity index (χ1n) is 10.9. The van der Waals surface area contributed by atoms with Crippen molar-refractivity contribution in [2.45, 2.75) is 78.2 Å². The number of carbonyl (C=O) groups excluding carboxylic acids is 1. The monoisotopic (exact) mass is 356 g/mol. The number of allylic oxidation sites excluding steroid dienone is 3. The highest BCUT2D eigenvalue weighted by atomic mass is 16.3. The van der Waals surface area contributed by atoms with E-state index < -0.39 is 0 Å². The Balaban J connectivity index is 1.60. The third kappa shape index (κ3) is 2.66. The van der Waals surface area contributed by atoms with E-state index in [0.717, 1.165) is 43.8 Å². The summed E-state index contributed by atoms with van der Waals surface area (Å²) in [6, 6.07) is 0. The van der Waals surface area contributed by atoms with Crippen molar-refractivity contribution < 1.29 is 9.90 Å². The van der Waals surface area contributed by atoms with Gasteiger partial charge in [0.15, 0.2) is 0 Å². The lowest BCUT2D eigenvalue weighted by Crippen LogP contribution is -2.48. The SMILES string of the molecule is C[C@H](CCC=O)[C@H]1CC[C@H]2C3=CC[C@@H]4C[C@@H](O)C=C[C@]4(C)[C@H]3CC[C@]12C. The molecule has 0 aromatic heterocycles. The van der Waals surface area contributed by atoms with E-state index in [1.54, 1.807) is 5.57 Å². The minimum atomic E-state index is -0.244. The molecule has 4 aliphatic rings. The summed E-state index contributed by atoms with van der Waals surface area (Å²) in [6.45, 7) is 7.39. The molecule has 0 amide bonds. The number of rotatable bonds is 4. The topological polar surface area (TPSA) is 37.3 Å². The van der Waals surface area contributed by atoms with Crippen molar-refractivity contribution in [1.82, 2.24) is 0 Å². The molecule has 0 bridgehead atoms. The summed E-state index contributed by atoms with van der Waals surface area (Å²) in [7, 11) is 0. The number of aldehydes is 1. The molecule has 0 aromatic carbocycles. The lowest BCUT2D eigenvalue weighted by molar-refractivity contribution is -0.108. The van der Waals surface area contributed by atoms with Crippen LogP contribution in [0.15, 0.2) is 23.8 Å². The van der Waals surface area contributed by atoms with E-state index in [-0.39, 0.29) is 11.5 Å². The normalized spacial score (nSPS) is 48.2. The zero-order chi connectivity index (χ0) is 18.5. The van der Waals surface area contributed by atoms with Crippen LogP contribution in [0.2, 0.25) is 0 Å². The number of fused-ring (bicyclic) bond motifs is 5. The molecule has 0 unspecified atom stereocenters. The van der Waals surface area contributed by atoms with Crippen molar-refractivity contribution in [2.75, 3.05) is 0 Å². The zero-order valence-electron chi connectivity index (χ0n) is 16.8. The van der Waals surface area contributed by atoms with E-state index in [1.165, 1.54) is 25.7 Å². The molecule has 2 saturated carbocycles. The molecule has 4 aliphatic carbocycles. The summed E-state index contributed by atoms with van der Waals surface area (Å²) in [5.41, 5.74) is 2.42. The third-order valence-electron chi connectivity index (χ3n) is 9.08. The minimum Gasteiger partial charge on any atom is -0.389 e. The van der Waals surface area contributed by atoms with Crippen LogP contribution in [0.25, 0.3) is 0 Å². The van der Waals surface area contributed by atoms with E-state index >= 15 is 0 Å². The van der Waals surface area contributed by atoms with Gasteiger partial charge in [-0.25, -0.2) is 0 Å². The molecule has 8 atom stereocenters. The van der Waals surface area contributed by atoms with Gasteiger partial charge in [0.25, 0.3) is 0 Å². The molecule has 2 fully saturated rings. The second-order valence-electron chi connectivity index (χ2n) is 10.2. The molecule has 26 heavy (non-hydrogen) atoms. The van der Waals surface area contributed by atoms with Crippen LogP contribution in [0.5, 0.6) is 0 Å². The summed E-state index contributed by atoms with van der Waals surface area (Å²) in [4.78, 5) is 10.8. The van der Waals surface area contributed by atoms with Crippen molar-refractivity contribution in [2.24, 2.45) is 40.4 Å². The molecule has 0 aromatic rings. The molecule has 4 rings (SSSR count). The molecular formula is C24H36O2. The molecule has 0 aliphatic heterocycles. The number of aliphatic hydroxyl groups excluding tert-OH is 1. The number of aliphatic hydroxyl groups is 1. The summed E-state index contributed by atoms with van der Waals surface area (Å²) < 4.78 is 0. The molecule has 1 N–H and O–H groups in total. The van der Waals surface area contributed by atoms with Crippen molar-refractivity contribution in [1.29, 1.82) is 0 Å². The van der Waals surface area contributed by atoms with Crippen LogP contribution in [0, 0.1) is 40.4 Å². The first kappa shape index (κ1) is 18.5. The standard InChI is InChI=1S/C24H36O2/c1-16(5-4-14-25)20-8-9-21-19-7-6-17-15-18(26)10-12-23(17,2)22(19)11-13-24(20,21)3/h7,10,12,14,16-18,20-22,26H,4-6,8-9,11,13,15H2,1-3H3/t16-,17-,18+,20-,21+,22+,23+,24-/m1/s1. The number of carbonyl (C=O) groups is 1. The van der Waals surface area contributed by atoms with E-state index in [0.29, 0.717) is 23.2 Å². The van der Waals surface area contributed by atoms with E-state index in [1.807, 2.05) is 0 Å². The zero-order valence-corrected chi connectivity index (χ0v) is 16.8. The molecule has 2 heteroatoms. The average molecular weight is 357 g/mol. The third-order valence-corrected chi connectivity index (χ3v) is 9.08. The van der Waals surface area contributed by atoms with Crippen LogP contribution in [0.3, 0.4) is 0 Å². The Hall–Kier alpha value is -0.890. The Morgan fingerprint density at radius 2 is 2.08 bits per heavy atom. The Morgan fingerprint density at radius 1 is 1.27 bits per heavy atom. The molecule has 2 nitrogen and oxygen atoms in total. The van der Waals surface area contributed by atoms with Crippen LogP contribution in [0.4, 0.5) is 0 Å². The maximum absolute atomic E-state index is 10.8. The van der Waals surface area contributed by atoms with Gasteiger partial charge >= 0.3 is 0 Å². The van der Waals surface area contributed by atoms with Crippen molar-refractivity contribution >= 4 is 6.29 Å². The Bertz CT molecular complexity index is 620. The number of hydrogen-bond acceptors (Lipinski definition) is 2. The molecule has 0 radical (unpaired) electrons. The summed E-state index contributed by atoms with van der Waals surface area (Å²) in [5, 5.41) is 10.1. The van der Waals surface area contributed by atoms with Crippen LogP contribution >= 0.6 is 0 Å².